The lowest BCUT2D eigenvalue weighted by Gasteiger charge is -2.17. The number of nitriles is 1. The van der Waals surface area contributed by atoms with E-state index >= 15 is 0 Å². The second-order valence-corrected chi connectivity index (χ2v) is 6.79. The zero-order chi connectivity index (χ0) is 22.0. The van der Waals surface area contributed by atoms with Crippen molar-refractivity contribution in [1.29, 1.82) is 5.26 Å². The van der Waals surface area contributed by atoms with Crippen molar-refractivity contribution in [2.24, 2.45) is 0 Å². The normalized spacial score (nSPS) is 10.5. The minimum atomic E-state index is 0.112. The highest BCUT2D eigenvalue weighted by atomic mass is 16.5. The van der Waals surface area contributed by atoms with E-state index in [1.54, 1.807) is 25.3 Å². The van der Waals surface area contributed by atoms with Crippen molar-refractivity contribution in [2.75, 3.05) is 21.3 Å². The fourth-order valence-electron chi connectivity index (χ4n) is 3.75. The maximum atomic E-state index is 10.6. The van der Waals surface area contributed by atoms with Gasteiger partial charge in [-0.1, -0.05) is 30.3 Å². The topological polar surface area (TPSA) is 84.6 Å². The summed E-state index contributed by atoms with van der Waals surface area (Å²) >= 11 is 0. The lowest BCUT2D eigenvalue weighted by molar-refractivity contribution is 0.325. The fourth-order valence-corrected chi connectivity index (χ4v) is 3.75. The van der Waals surface area contributed by atoms with Crippen LogP contribution in [0.4, 0.5) is 0 Å². The van der Waals surface area contributed by atoms with Gasteiger partial charge in [0.15, 0.2) is 11.5 Å². The van der Waals surface area contributed by atoms with Crippen molar-refractivity contribution in [2.45, 2.75) is 0 Å². The maximum absolute atomic E-state index is 10.6. The SMILES string of the molecule is COc1ccc(-c2cc(-c3c(O)ccc4ccccc34)ncc2C#N)c(OC)c1OC. The Hall–Kier alpha value is -4.24. The summed E-state index contributed by atoms with van der Waals surface area (Å²) in [5.41, 5.74) is 2.77. The zero-order valence-corrected chi connectivity index (χ0v) is 17.3. The number of rotatable bonds is 5. The number of ether oxygens (including phenoxy) is 3. The maximum Gasteiger partial charge on any atom is 0.203 e. The molecule has 0 atom stereocenters. The second kappa shape index (κ2) is 8.25. The first kappa shape index (κ1) is 20.0. The van der Waals surface area contributed by atoms with Gasteiger partial charge in [0.05, 0.1) is 32.6 Å². The number of methoxy groups -OCH3 is 3. The number of aromatic nitrogens is 1. The average molecular weight is 412 g/mol. The minimum Gasteiger partial charge on any atom is -0.507 e. The summed E-state index contributed by atoms with van der Waals surface area (Å²) in [7, 11) is 4.61. The van der Waals surface area contributed by atoms with Crippen LogP contribution in [-0.2, 0) is 0 Å². The Labute approximate surface area is 179 Å². The van der Waals surface area contributed by atoms with Gasteiger partial charge in [-0.15, -0.1) is 0 Å². The number of phenols is 1. The highest BCUT2D eigenvalue weighted by Crippen LogP contribution is 2.46. The van der Waals surface area contributed by atoms with Gasteiger partial charge in [0.1, 0.15) is 11.8 Å². The fraction of sp³-hybridized carbons (Fsp3) is 0.120. The molecule has 0 fully saturated rings. The lowest BCUT2D eigenvalue weighted by Crippen LogP contribution is -1.98. The zero-order valence-electron chi connectivity index (χ0n) is 17.3. The largest absolute Gasteiger partial charge is 0.507 e. The molecule has 4 rings (SSSR count). The predicted octanol–water partition coefficient (Wildman–Crippen LogP) is 5.17. The van der Waals surface area contributed by atoms with Gasteiger partial charge in [0, 0.05) is 22.9 Å². The van der Waals surface area contributed by atoms with Crippen LogP contribution in [0, 0.1) is 11.3 Å². The van der Waals surface area contributed by atoms with Gasteiger partial charge in [0.25, 0.3) is 0 Å². The third kappa shape index (κ3) is 3.36. The van der Waals surface area contributed by atoms with Gasteiger partial charge in [-0.2, -0.15) is 5.26 Å². The number of hydrogen-bond donors (Lipinski definition) is 1. The van der Waals surface area contributed by atoms with E-state index in [1.807, 2.05) is 36.4 Å². The summed E-state index contributed by atoms with van der Waals surface area (Å²) in [6.07, 6.45) is 1.50. The van der Waals surface area contributed by atoms with E-state index in [4.69, 9.17) is 14.2 Å². The Balaban J connectivity index is 2.01. The number of benzene rings is 3. The molecule has 6 nitrogen and oxygen atoms in total. The molecule has 0 aliphatic carbocycles. The van der Waals surface area contributed by atoms with Crippen LogP contribution in [0.2, 0.25) is 0 Å². The Kier molecular flexibility index (Phi) is 5.33. The molecule has 0 aliphatic heterocycles. The highest BCUT2D eigenvalue weighted by molar-refractivity contribution is 5.99. The molecule has 0 spiro atoms. The van der Waals surface area contributed by atoms with Crippen LogP contribution in [0.5, 0.6) is 23.0 Å². The molecule has 6 heteroatoms. The van der Waals surface area contributed by atoms with Crippen molar-refractivity contribution < 1.29 is 19.3 Å². The number of phenolic OH excluding ortho intramolecular Hbond substituents is 1. The molecule has 0 saturated carbocycles. The molecule has 0 radical (unpaired) electrons. The van der Waals surface area contributed by atoms with Crippen LogP contribution in [0.3, 0.4) is 0 Å². The van der Waals surface area contributed by atoms with E-state index in [-0.39, 0.29) is 5.75 Å². The molecule has 0 bridgehead atoms. The van der Waals surface area contributed by atoms with Crippen molar-refractivity contribution in [3.8, 4) is 51.5 Å². The van der Waals surface area contributed by atoms with Crippen LogP contribution >= 0.6 is 0 Å². The number of fused-ring (bicyclic) bond motifs is 1. The summed E-state index contributed by atoms with van der Waals surface area (Å²) in [6, 6.07) is 18.8. The molecule has 1 N–H and O–H groups in total. The third-order valence-electron chi connectivity index (χ3n) is 5.18. The standard InChI is InChI=1S/C25H20N2O4/c1-29-22-11-9-18(24(30-2)25(22)31-3)19-12-20(27-14-16(19)13-26)23-17-7-5-4-6-15(17)8-10-21(23)28/h4-12,14,28H,1-3H3. The lowest BCUT2D eigenvalue weighted by atomic mass is 9.95. The first-order chi connectivity index (χ1) is 15.1. The van der Waals surface area contributed by atoms with Gasteiger partial charge < -0.3 is 19.3 Å². The Bertz CT molecular complexity index is 1330. The Morgan fingerprint density at radius 1 is 0.871 bits per heavy atom. The van der Waals surface area contributed by atoms with Crippen LogP contribution in [0.15, 0.2) is 60.8 Å². The summed E-state index contributed by atoms with van der Waals surface area (Å²) < 4.78 is 16.5. The number of nitrogens with zero attached hydrogens (tertiary/aromatic N) is 2. The van der Waals surface area contributed by atoms with E-state index < -0.39 is 0 Å². The molecule has 0 saturated heterocycles. The van der Waals surface area contributed by atoms with Crippen LogP contribution in [0.25, 0.3) is 33.2 Å². The Morgan fingerprint density at radius 2 is 1.65 bits per heavy atom. The molecule has 0 unspecified atom stereocenters. The molecule has 1 heterocycles. The summed E-state index contributed by atoms with van der Waals surface area (Å²) in [6.45, 7) is 0. The first-order valence-corrected chi connectivity index (χ1v) is 9.53. The summed E-state index contributed by atoms with van der Waals surface area (Å²) in [5, 5.41) is 22.2. The third-order valence-corrected chi connectivity index (χ3v) is 5.18. The molecule has 0 amide bonds. The van der Waals surface area contributed by atoms with Crippen molar-refractivity contribution in [3.63, 3.8) is 0 Å². The van der Waals surface area contributed by atoms with Crippen molar-refractivity contribution in [1.82, 2.24) is 4.98 Å². The van der Waals surface area contributed by atoms with Crippen molar-refractivity contribution in [3.05, 3.63) is 66.4 Å². The average Bonchev–Trinajstić information content (AvgIpc) is 2.82. The van der Waals surface area contributed by atoms with E-state index in [1.165, 1.54) is 20.4 Å². The smallest absolute Gasteiger partial charge is 0.203 e. The van der Waals surface area contributed by atoms with Gasteiger partial charge in [-0.3, -0.25) is 4.98 Å². The summed E-state index contributed by atoms with van der Waals surface area (Å²) in [4.78, 5) is 4.47. The Morgan fingerprint density at radius 3 is 2.35 bits per heavy atom. The van der Waals surface area contributed by atoms with E-state index in [2.05, 4.69) is 11.1 Å². The molecule has 31 heavy (non-hydrogen) atoms. The van der Waals surface area contributed by atoms with Crippen LogP contribution in [0.1, 0.15) is 5.56 Å². The second-order valence-electron chi connectivity index (χ2n) is 6.79. The van der Waals surface area contributed by atoms with Crippen LogP contribution < -0.4 is 14.2 Å². The van der Waals surface area contributed by atoms with Gasteiger partial charge in [0.2, 0.25) is 5.75 Å². The molecule has 154 valence electrons. The van der Waals surface area contributed by atoms with Crippen molar-refractivity contribution >= 4 is 10.8 Å². The van der Waals surface area contributed by atoms with E-state index in [0.717, 1.165) is 10.8 Å². The molecule has 1 aromatic heterocycles. The predicted molar refractivity (Wildman–Crippen MR) is 119 cm³/mol. The van der Waals surface area contributed by atoms with E-state index in [0.29, 0.717) is 45.2 Å². The minimum absolute atomic E-state index is 0.112. The quantitative estimate of drug-likeness (QED) is 0.487. The van der Waals surface area contributed by atoms with Gasteiger partial charge >= 0.3 is 0 Å². The monoisotopic (exact) mass is 412 g/mol. The molecular formula is C25H20N2O4. The number of aromatic hydroxyl groups is 1. The molecule has 4 aromatic rings. The number of pyridine rings is 1. The van der Waals surface area contributed by atoms with Gasteiger partial charge in [-0.05, 0) is 35.0 Å². The molecule has 3 aromatic carbocycles. The summed E-state index contributed by atoms with van der Waals surface area (Å²) in [5.74, 6) is 1.50. The van der Waals surface area contributed by atoms with Crippen LogP contribution in [-0.4, -0.2) is 31.4 Å². The molecular weight excluding hydrogens is 392 g/mol. The van der Waals surface area contributed by atoms with Gasteiger partial charge in [-0.25, -0.2) is 0 Å². The first-order valence-electron chi connectivity index (χ1n) is 9.53. The molecule has 0 aliphatic rings. The number of hydrogen-bond acceptors (Lipinski definition) is 6. The van der Waals surface area contributed by atoms with E-state index in [9.17, 15) is 10.4 Å². The highest BCUT2D eigenvalue weighted by Gasteiger charge is 2.21.